The van der Waals surface area contributed by atoms with Gasteiger partial charge < -0.3 is 4.74 Å². The minimum Gasteiger partial charge on any atom is -0.483 e. The summed E-state index contributed by atoms with van der Waals surface area (Å²) in [5.74, 6) is 0.330. The van der Waals surface area contributed by atoms with E-state index in [1.54, 1.807) is 19.1 Å². The summed E-state index contributed by atoms with van der Waals surface area (Å²) < 4.78 is 43.3. The standard InChI is InChI=1S/C14H9Cl3F3NO/c1-7(22-12-3-2-9(15)5-10(12)16)13-11(17)4-8(6-21-13)14(18,19)20/h2-7H,1H3/t7-/m1/s1. The third-order valence-corrected chi connectivity index (χ3v) is 3.61. The molecule has 118 valence electrons. The molecule has 0 aliphatic heterocycles. The second-order valence-electron chi connectivity index (χ2n) is 4.42. The molecule has 0 aliphatic carbocycles. The van der Waals surface area contributed by atoms with E-state index in [4.69, 9.17) is 39.5 Å². The summed E-state index contributed by atoms with van der Waals surface area (Å²) in [6.45, 7) is 1.60. The number of rotatable bonds is 3. The largest absolute Gasteiger partial charge is 0.483 e. The number of ether oxygens (including phenoxy) is 1. The van der Waals surface area contributed by atoms with Crippen LogP contribution >= 0.6 is 34.8 Å². The maximum atomic E-state index is 12.6. The maximum absolute atomic E-state index is 12.6. The van der Waals surface area contributed by atoms with Crippen molar-refractivity contribution < 1.29 is 17.9 Å². The minimum atomic E-state index is -4.50. The van der Waals surface area contributed by atoms with Crippen LogP contribution in [0.25, 0.3) is 0 Å². The number of nitrogens with zero attached hydrogens (tertiary/aromatic N) is 1. The molecule has 0 fully saturated rings. The minimum absolute atomic E-state index is 0.132. The van der Waals surface area contributed by atoms with Crippen molar-refractivity contribution in [2.24, 2.45) is 0 Å². The van der Waals surface area contributed by atoms with Crippen LogP contribution in [0.3, 0.4) is 0 Å². The van der Waals surface area contributed by atoms with Crippen molar-refractivity contribution in [3.63, 3.8) is 0 Å². The van der Waals surface area contributed by atoms with Gasteiger partial charge >= 0.3 is 6.18 Å². The molecule has 0 saturated carbocycles. The molecule has 0 amide bonds. The molecule has 1 aromatic heterocycles. The molecule has 0 N–H and O–H groups in total. The van der Waals surface area contributed by atoms with Crippen LogP contribution in [0.15, 0.2) is 30.5 Å². The Bertz CT molecular complexity index is 692. The lowest BCUT2D eigenvalue weighted by Gasteiger charge is -2.17. The monoisotopic (exact) mass is 369 g/mol. The van der Waals surface area contributed by atoms with Crippen molar-refractivity contribution in [3.8, 4) is 5.75 Å². The van der Waals surface area contributed by atoms with Crippen molar-refractivity contribution in [3.05, 3.63) is 56.8 Å². The van der Waals surface area contributed by atoms with E-state index in [0.29, 0.717) is 17.0 Å². The van der Waals surface area contributed by atoms with Gasteiger partial charge in [-0.25, -0.2) is 0 Å². The van der Waals surface area contributed by atoms with Crippen LogP contribution in [0.2, 0.25) is 15.1 Å². The highest BCUT2D eigenvalue weighted by Gasteiger charge is 2.32. The van der Waals surface area contributed by atoms with Crippen LogP contribution in [0.5, 0.6) is 5.75 Å². The molecular weight excluding hydrogens is 362 g/mol. The second kappa shape index (κ2) is 6.52. The van der Waals surface area contributed by atoms with Gasteiger partial charge in [0.1, 0.15) is 11.9 Å². The average Bonchev–Trinajstić information content (AvgIpc) is 2.40. The van der Waals surface area contributed by atoms with Crippen molar-refractivity contribution >= 4 is 34.8 Å². The molecule has 22 heavy (non-hydrogen) atoms. The number of pyridine rings is 1. The first-order valence-electron chi connectivity index (χ1n) is 6.03. The number of hydrogen-bond acceptors (Lipinski definition) is 2. The van der Waals surface area contributed by atoms with Gasteiger partial charge in [0.25, 0.3) is 0 Å². The van der Waals surface area contributed by atoms with E-state index in [1.165, 1.54) is 6.07 Å². The van der Waals surface area contributed by atoms with E-state index in [2.05, 4.69) is 4.98 Å². The predicted molar refractivity (Wildman–Crippen MR) is 79.8 cm³/mol. The molecule has 0 radical (unpaired) electrons. The molecule has 2 nitrogen and oxygen atoms in total. The number of aromatic nitrogens is 1. The van der Waals surface area contributed by atoms with Crippen molar-refractivity contribution in [1.29, 1.82) is 0 Å². The first-order valence-corrected chi connectivity index (χ1v) is 7.16. The molecule has 8 heteroatoms. The summed E-state index contributed by atoms with van der Waals surface area (Å²) in [6.07, 6.45) is -4.48. The van der Waals surface area contributed by atoms with Gasteiger partial charge in [-0.2, -0.15) is 13.2 Å². The topological polar surface area (TPSA) is 22.1 Å². The average molecular weight is 371 g/mol. The van der Waals surface area contributed by atoms with E-state index in [9.17, 15) is 13.2 Å². The van der Waals surface area contributed by atoms with Crippen LogP contribution < -0.4 is 4.74 Å². The summed E-state index contributed by atoms with van der Waals surface area (Å²) in [7, 11) is 0. The molecule has 2 rings (SSSR count). The summed E-state index contributed by atoms with van der Waals surface area (Å²) in [5.41, 5.74) is -0.737. The Hall–Kier alpha value is -1.17. The van der Waals surface area contributed by atoms with Gasteiger partial charge in [-0.3, -0.25) is 4.98 Å². The molecule has 0 unspecified atom stereocenters. The zero-order valence-electron chi connectivity index (χ0n) is 11.1. The SMILES string of the molecule is C[C@@H](Oc1ccc(Cl)cc1Cl)c1ncc(C(F)(F)F)cc1Cl. The van der Waals surface area contributed by atoms with Gasteiger partial charge in [-0.1, -0.05) is 34.8 Å². The summed E-state index contributed by atoms with van der Waals surface area (Å²) in [5, 5.41) is 0.588. The molecule has 0 saturated heterocycles. The Kier molecular flexibility index (Phi) is 5.10. The van der Waals surface area contributed by atoms with E-state index in [1.807, 2.05) is 0 Å². The fourth-order valence-electron chi connectivity index (χ4n) is 1.72. The summed E-state index contributed by atoms with van der Waals surface area (Å²) >= 11 is 17.6. The van der Waals surface area contributed by atoms with Gasteiger partial charge in [0.2, 0.25) is 0 Å². The second-order valence-corrected chi connectivity index (χ2v) is 5.67. The number of alkyl halides is 3. The van der Waals surface area contributed by atoms with Crippen molar-refractivity contribution in [1.82, 2.24) is 4.98 Å². The zero-order chi connectivity index (χ0) is 16.5. The number of hydrogen-bond donors (Lipinski definition) is 0. The highest BCUT2D eigenvalue weighted by atomic mass is 35.5. The molecule has 1 heterocycles. The smallest absolute Gasteiger partial charge is 0.417 e. The highest BCUT2D eigenvalue weighted by Crippen LogP contribution is 2.35. The van der Waals surface area contributed by atoms with Gasteiger partial charge in [0.05, 0.1) is 21.3 Å². The van der Waals surface area contributed by atoms with E-state index in [-0.39, 0.29) is 15.7 Å². The quantitative estimate of drug-likeness (QED) is 0.641. The first kappa shape index (κ1) is 17.2. The summed E-state index contributed by atoms with van der Waals surface area (Å²) in [4.78, 5) is 3.74. The van der Waals surface area contributed by atoms with E-state index in [0.717, 1.165) is 6.07 Å². The lowest BCUT2D eigenvalue weighted by Crippen LogP contribution is -2.10. The Morgan fingerprint density at radius 1 is 1.09 bits per heavy atom. The molecular formula is C14H9Cl3F3NO. The molecule has 0 spiro atoms. The van der Waals surface area contributed by atoms with Gasteiger partial charge in [-0.15, -0.1) is 0 Å². The number of halogens is 6. The third kappa shape index (κ3) is 3.97. The highest BCUT2D eigenvalue weighted by molar-refractivity contribution is 6.35. The molecule has 1 atom stereocenters. The molecule has 2 aromatic rings. The molecule has 0 bridgehead atoms. The van der Waals surface area contributed by atoms with Crippen molar-refractivity contribution in [2.75, 3.05) is 0 Å². The fourth-order valence-corrected chi connectivity index (χ4v) is 2.49. The molecule has 0 aliphatic rings. The van der Waals surface area contributed by atoms with Crippen LogP contribution in [0, 0.1) is 0 Å². The summed E-state index contributed by atoms with van der Waals surface area (Å²) in [6, 6.07) is 5.44. The zero-order valence-corrected chi connectivity index (χ0v) is 13.4. The Morgan fingerprint density at radius 2 is 1.77 bits per heavy atom. The van der Waals surface area contributed by atoms with E-state index < -0.39 is 17.8 Å². The number of benzene rings is 1. The van der Waals surface area contributed by atoms with Gasteiger partial charge in [-0.05, 0) is 31.2 Å². The normalized spacial score (nSPS) is 13.0. The lowest BCUT2D eigenvalue weighted by atomic mass is 10.2. The van der Waals surface area contributed by atoms with Crippen LogP contribution in [-0.4, -0.2) is 4.98 Å². The first-order chi connectivity index (χ1) is 10.2. The van der Waals surface area contributed by atoms with E-state index >= 15 is 0 Å². The van der Waals surface area contributed by atoms with Crippen LogP contribution in [0.4, 0.5) is 13.2 Å². The van der Waals surface area contributed by atoms with Gasteiger partial charge in [0.15, 0.2) is 0 Å². The Balaban J connectivity index is 2.24. The fraction of sp³-hybridized carbons (Fsp3) is 0.214. The maximum Gasteiger partial charge on any atom is 0.417 e. The van der Waals surface area contributed by atoms with Crippen LogP contribution in [0.1, 0.15) is 24.3 Å². The Labute approximate surface area is 139 Å². The lowest BCUT2D eigenvalue weighted by molar-refractivity contribution is -0.137. The third-order valence-electron chi connectivity index (χ3n) is 2.78. The predicted octanol–water partition coefficient (Wildman–Crippen LogP) is 6.20. The molecule has 1 aromatic carbocycles. The van der Waals surface area contributed by atoms with Gasteiger partial charge in [0, 0.05) is 11.2 Å². The van der Waals surface area contributed by atoms with Crippen LogP contribution in [-0.2, 0) is 6.18 Å². The Morgan fingerprint density at radius 3 is 2.32 bits per heavy atom. The van der Waals surface area contributed by atoms with Crippen molar-refractivity contribution in [2.45, 2.75) is 19.2 Å².